The molecule has 1 amide bonds. The quantitative estimate of drug-likeness (QED) is 0.352. The van der Waals surface area contributed by atoms with Crippen molar-refractivity contribution in [2.24, 2.45) is 5.10 Å². The number of nitro benzene ring substituents is 1. The Balaban J connectivity index is 1.53. The zero-order valence-corrected chi connectivity index (χ0v) is 15.8. The van der Waals surface area contributed by atoms with Gasteiger partial charge in [0.2, 0.25) is 5.91 Å². The van der Waals surface area contributed by atoms with Crippen molar-refractivity contribution in [3.8, 4) is 0 Å². The zero-order valence-electron chi connectivity index (χ0n) is 13.5. The number of hydrazone groups is 1. The van der Waals surface area contributed by atoms with E-state index in [1.54, 1.807) is 24.3 Å². The smallest absolute Gasteiger partial charge is 0.269 e. The molecule has 0 spiro atoms. The number of hydrogen-bond donors (Lipinski definition) is 2. The molecule has 0 fully saturated rings. The number of nitrogens with zero attached hydrogens (tertiary/aromatic N) is 3. The number of non-ortho nitro benzene ring substituents is 1. The highest BCUT2D eigenvalue weighted by atomic mass is 35.5. The third-order valence-corrected chi connectivity index (χ3v) is 4.98. The molecule has 8 nitrogen and oxygen atoms in total. The second kappa shape index (κ2) is 8.30. The standard InChI is InChI=1S/C16H11Cl2N5O3S/c17-11-5-13-14(6-12(11)18)27-16(21-13)22-15(24)8-20-19-7-9-1-3-10(4-2-9)23(25)26/h1-7,20H,8H2,(H,21,22,24)/b19-7+. The summed E-state index contributed by atoms with van der Waals surface area (Å²) in [7, 11) is 0. The second-order valence-corrected chi connectivity index (χ2v) is 7.09. The van der Waals surface area contributed by atoms with Gasteiger partial charge in [-0.1, -0.05) is 34.5 Å². The summed E-state index contributed by atoms with van der Waals surface area (Å²) in [5.74, 6) is -0.327. The zero-order chi connectivity index (χ0) is 19.4. The van der Waals surface area contributed by atoms with Crippen LogP contribution in [0.4, 0.5) is 10.8 Å². The molecule has 11 heteroatoms. The Morgan fingerprint density at radius 1 is 1.26 bits per heavy atom. The maximum absolute atomic E-state index is 11.9. The molecule has 2 aromatic carbocycles. The molecule has 3 aromatic rings. The van der Waals surface area contributed by atoms with Crippen molar-refractivity contribution in [2.45, 2.75) is 0 Å². The van der Waals surface area contributed by atoms with E-state index in [-0.39, 0.29) is 18.1 Å². The molecule has 0 radical (unpaired) electrons. The first-order chi connectivity index (χ1) is 12.9. The van der Waals surface area contributed by atoms with Crippen molar-refractivity contribution in [2.75, 3.05) is 11.9 Å². The van der Waals surface area contributed by atoms with Gasteiger partial charge in [0.25, 0.3) is 5.69 Å². The molecule has 0 saturated heterocycles. The summed E-state index contributed by atoms with van der Waals surface area (Å²) in [6.45, 7) is -0.0685. The van der Waals surface area contributed by atoms with E-state index in [9.17, 15) is 14.9 Å². The third kappa shape index (κ3) is 4.91. The Morgan fingerprint density at radius 2 is 1.96 bits per heavy atom. The van der Waals surface area contributed by atoms with Gasteiger partial charge in [-0.25, -0.2) is 4.98 Å². The van der Waals surface area contributed by atoms with Crippen LogP contribution >= 0.6 is 34.5 Å². The van der Waals surface area contributed by atoms with Crippen LogP contribution in [0.5, 0.6) is 0 Å². The van der Waals surface area contributed by atoms with Gasteiger partial charge < -0.3 is 10.7 Å². The molecule has 0 aliphatic rings. The number of fused-ring (bicyclic) bond motifs is 1. The van der Waals surface area contributed by atoms with Crippen LogP contribution in [0.1, 0.15) is 5.56 Å². The number of hydrogen-bond acceptors (Lipinski definition) is 7. The fraction of sp³-hybridized carbons (Fsp3) is 0.0625. The predicted molar refractivity (Wildman–Crippen MR) is 107 cm³/mol. The van der Waals surface area contributed by atoms with Gasteiger partial charge in [-0.05, 0) is 29.8 Å². The van der Waals surface area contributed by atoms with Gasteiger partial charge >= 0.3 is 0 Å². The molecule has 138 valence electrons. The molecule has 0 atom stereocenters. The lowest BCUT2D eigenvalue weighted by atomic mass is 10.2. The minimum absolute atomic E-state index is 0.00195. The van der Waals surface area contributed by atoms with Gasteiger partial charge in [0.1, 0.15) is 6.54 Å². The van der Waals surface area contributed by atoms with Crippen molar-refractivity contribution in [1.29, 1.82) is 0 Å². The number of aromatic nitrogens is 1. The molecule has 1 heterocycles. The summed E-state index contributed by atoms with van der Waals surface area (Å²) in [4.78, 5) is 26.3. The first kappa shape index (κ1) is 19.0. The normalized spacial score (nSPS) is 11.0. The molecule has 27 heavy (non-hydrogen) atoms. The van der Waals surface area contributed by atoms with Gasteiger partial charge in [0.15, 0.2) is 5.13 Å². The molecule has 3 rings (SSSR count). The first-order valence-electron chi connectivity index (χ1n) is 7.48. The molecule has 0 aliphatic heterocycles. The van der Waals surface area contributed by atoms with E-state index >= 15 is 0 Å². The number of thiazole rings is 1. The highest BCUT2D eigenvalue weighted by Gasteiger charge is 2.10. The van der Waals surface area contributed by atoms with Crippen LogP contribution in [-0.2, 0) is 4.79 Å². The maximum atomic E-state index is 11.9. The number of halogens is 2. The van der Waals surface area contributed by atoms with E-state index in [0.29, 0.717) is 26.3 Å². The lowest BCUT2D eigenvalue weighted by Gasteiger charge is -2.00. The lowest BCUT2D eigenvalue weighted by Crippen LogP contribution is -2.24. The molecule has 1 aromatic heterocycles. The molecule has 0 unspecified atom stereocenters. The fourth-order valence-electron chi connectivity index (χ4n) is 2.06. The Hall–Kier alpha value is -2.75. The van der Waals surface area contributed by atoms with E-state index in [4.69, 9.17) is 23.2 Å². The lowest BCUT2D eigenvalue weighted by molar-refractivity contribution is -0.384. The number of carbonyl (C=O) groups is 1. The van der Waals surface area contributed by atoms with E-state index in [0.717, 1.165) is 4.70 Å². The average molecular weight is 424 g/mol. The number of anilines is 1. The van der Waals surface area contributed by atoms with E-state index < -0.39 is 4.92 Å². The summed E-state index contributed by atoms with van der Waals surface area (Å²) in [5.41, 5.74) is 3.91. The average Bonchev–Trinajstić information content (AvgIpc) is 3.00. The van der Waals surface area contributed by atoms with Crippen LogP contribution in [0.15, 0.2) is 41.5 Å². The van der Waals surface area contributed by atoms with Crippen LogP contribution < -0.4 is 10.7 Å². The Morgan fingerprint density at radius 3 is 2.67 bits per heavy atom. The fourth-order valence-corrected chi connectivity index (χ4v) is 3.35. The molecule has 0 aliphatic carbocycles. The minimum Gasteiger partial charge on any atom is -0.301 e. The summed E-state index contributed by atoms with van der Waals surface area (Å²) < 4.78 is 0.809. The molecule has 2 N–H and O–H groups in total. The molecule has 0 saturated carbocycles. The number of rotatable bonds is 6. The Kier molecular flexibility index (Phi) is 5.84. The van der Waals surface area contributed by atoms with E-state index in [1.165, 1.54) is 29.7 Å². The second-order valence-electron chi connectivity index (χ2n) is 5.24. The van der Waals surface area contributed by atoms with E-state index in [1.807, 2.05) is 0 Å². The summed E-state index contributed by atoms with van der Waals surface area (Å²) in [5, 5.41) is 18.4. The van der Waals surface area contributed by atoms with Gasteiger partial charge in [-0.3, -0.25) is 14.9 Å². The van der Waals surface area contributed by atoms with Crippen LogP contribution in [0.3, 0.4) is 0 Å². The van der Waals surface area contributed by atoms with Crippen molar-refractivity contribution >= 4 is 67.7 Å². The minimum atomic E-state index is -0.479. The number of carbonyl (C=O) groups excluding carboxylic acids is 1. The van der Waals surface area contributed by atoms with Crippen molar-refractivity contribution in [1.82, 2.24) is 10.4 Å². The first-order valence-corrected chi connectivity index (χ1v) is 9.05. The number of amides is 1. The summed E-state index contributed by atoms with van der Waals surface area (Å²) >= 11 is 13.2. The van der Waals surface area contributed by atoms with Gasteiger partial charge in [0, 0.05) is 12.1 Å². The number of benzene rings is 2. The van der Waals surface area contributed by atoms with Crippen molar-refractivity contribution in [3.63, 3.8) is 0 Å². The van der Waals surface area contributed by atoms with E-state index in [2.05, 4.69) is 20.8 Å². The van der Waals surface area contributed by atoms with Gasteiger partial charge in [-0.15, -0.1) is 0 Å². The topological polar surface area (TPSA) is 110 Å². The van der Waals surface area contributed by atoms with Crippen LogP contribution in [0.25, 0.3) is 10.2 Å². The number of nitro groups is 1. The maximum Gasteiger partial charge on any atom is 0.269 e. The Labute approximate surface area is 167 Å². The molecular formula is C16H11Cl2N5O3S. The highest BCUT2D eigenvalue weighted by Crippen LogP contribution is 2.32. The van der Waals surface area contributed by atoms with Crippen molar-refractivity contribution < 1.29 is 9.72 Å². The van der Waals surface area contributed by atoms with Crippen molar-refractivity contribution in [3.05, 3.63) is 62.1 Å². The largest absolute Gasteiger partial charge is 0.301 e. The molecule has 0 bridgehead atoms. The third-order valence-electron chi connectivity index (χ3n) is 3.33. The van der Waals surface area contributed by atoms with Crippen LogP contribution in [0.2, 0.25) is 10.0 Å². The highest BCUT2D eigenvalue weighted by molar-refractivity contribution is 7.22. The summed E-state index contributed by atoms with van der Waals surface area (Å²) in [6.07, 6.45) is 1.46. The van der Waals surface area contributed by atoms with Gasteiger partial charge in [0.05, 0.1) is 31.4 Å². The predicted octanol–water partition coefficient (Wildman–Crippen LogP) is 4.07. The van der Waals surface area contributed by atoms with Gasteiger partial charge in [-0.2, -0.15) is 5.10 Å². The SMILES string of the molecule is O=C(CN/N=C/c1ccc([N+](=O)[O-])cc1)Nc1nc2cc(Cl)c(Cl)cc2s1. The van der Waals surface area contributed by atoms with Crippen LogP contribution in [-0.4, -0.2) is 28.6 Å². The number of nitrogens with one attached hydrogen (secondary N) is 2. The Bertz CT molecular complexity index is 997. The monoisotopic (exact) mass is 423 g/mol. The molecular weight excluding hydrogens is 413 g/mol. The summed E-state index contributed by atoms with van der Waals surface area (Å²) in [6, 6.07) is 9.19. The van der Waals surface area contributed by atoms with Crippen LogP contribution in [0, 0.1) is 10.1 Å².